The van der Waals surface area contributed by atoms with Gasteiger partial charge >= 0.3 is 5.97 Å². The lowest BCUT2D eigenvalue weighted by Crippen LogP contribution is -1.91. The number of hydrogen-bond acceptors (Lipinski definition) is 3. The van der Waals surface area contributed by atoms with Crippen molar-refractivity contribution >= 4 is 23.1 Å². The Hall–Kier alpha value is -3.86. The van der Waals surface area contributed by atoms with Crippen molar-refractivity contribution in [2.45, 2.75) is 13.3 Å². The predicted octanol–water partition coefficient (Wildman–Crippen LogP) is 5.32. The molecule has 0 saturated heterocycles. The van der Waals surface area contributed by atoms with Crippen LogP contribution in [0.4, 0.5) is 0 Å². The minimum absolute atomic E-state index is 0.656. The van der Waals surface area contributed by atoms with Gasteiger partial charge in [-0.1, -0.05) is 42.5 Å². The van der Waals surface area contributed by atoms with Crippen LogP contribution in [-0.4, -0.2) is 27.7 Å². The maximum Gasteiger partial charge on any atom is 0.328 e. The van der Waals surface area contributed by atoms with Crippen LogP contribution in [-0.2, 0) is 11.2 Å². The second kappa shape index (κ2) is 8.66. The van der Waals surface area contributed by atoms with E-state index in [9.17, 15) is 4.79 Å². The fourth-order valence-electron chi connectivity index (χ4n) is 3.34. The first-order chi connectivity index (χ1) is 14.6. The van der Waals surface area contributed by atoms with Crippen LogP contribution in [0.15, 0.2) is 72.8 Å². The Morgan fingerprint density at radius 1 is 1.03 bits per heavy atom. The second-order valence-corrected chi connectivity index (χ2v) is 6.96. The number of H-pyrrole nitrogens is 1. The third-order valence-corrected chi connectivity index (χ3v) is 4.80. The fraction of sp³-hybridized carbons (Fsp3) is 0.120. The molecule has 0 aliphatic rings. The van der Waals surface area contributed by atoms with E-state index in [2.05, 4.69) is 35.3 Å². The molecule has 4 rings (SSSR count). The van der Waals surface area contributed by atoms with E-state index in [0.717, 1.165) is 50.9 Å². The van der Waals surface area contributed by atoms with E-state index >= 15 is 0 Å². The van der Waals surface area contributed by atoms with Crippen molar-refractivity contribution < 1.29 is 14.6 Å². The number of carboxylic acids is 1. The number of aromatic nitrogens is 2. The maximum absolute atomic E-state index is 10.6. The summed E-state index contributed by atoms with van der Waals surface area (Å²) in [4.78, 5) is 18.7. The average molecular weight is 398 g/mol. The van der Waals surface area contributed by atoms with Crippen molar-refractivity contribution in [2.24, 2.45) is 0 Å². The van der Waals surface area contributed by atoms with Crippen LogP contribution in [0.25, 0.3) is 28.2 Å². The molecule has 0 fully saturated rings. The molecule has 0 amide bonds. The van der Waals surface area contributed by atoms with E-state index < -0.39 is 5.97 Å². The van der Waals surface area contributed by atoms with E-state index in [-0.39, 0.29) is 0 Å². The summed E-state index contributed by atoms with van der Waals surface area (Å²) in [6, 6.07) is 22.1. The number of rotatable bonds is 7. The Morgan fingerprint density at radius 3 is 2.47 bits per heavy atom. The van der Waals surface area contributed by atoms with E-state index in [0.29, 0.717) is 13.0 Å². The average Bonchev–Trinajstić information content (AvgIpc) is 3.15. The first kappa shape index (κ1) is 19.5. The van der Waals surface area contributed by atoms with E-state index in [1.165, 1.54) is 0 Å². The molecule has 0 spiro atoms. The molecule has 2 N–H and O–H groups in total. The van der Waals surface area contributed by atoms with Crippen molar-refractivity contribution in [3.8, 4) is 16.9 Å². The van der Waals surface area contributed by atoms with Crippen LogP contribution in [0.2, 0.25) is 0 Å². The minimum atomic E-state index is -0.953. The first-order valence-corrected chi connectivity index (χ1v) is 9.82. The molecule has 0 aliphatic carbocycles. The molecule has 0 aliphatic heterocycles. The molecule has 0 saturated carbocycles. The van der Waals surface area contributed by atoms with E-state index in [1.807, 2.05) is 43.3 Å². The number of hydrogen-bond donors (Lipinski definition) is 2. The van der Waals surface area contributed by atoms with Crippen LogP contribution in [0.1, 0.15) is 23.9 Å². The van der Waals surface area contributed by atoms with E-state index in [4.69, 9.17) is 14.8 Å². The van der Waals surface area contributed by atoms with Gasteiger partial charge in [-0.2, -0.15) is 0 Å². The Morgan fingerprint density at radius 2 is 1.77 bits per heavy atom. The molecular weight excluding hydrogens is 376 g/mol. The number of carbonyl (C=O) groups is 1. The Labute approximate surface area is 174 Å². The third-order valence-electron chi connectivity index (χ3n) is 4.80. The molecule has 150 valence electrons. The van der Waals surface area contributed by atoms with Gasteiger partial charge in [-0.3, -0.25) is 0 Å². The summed E-state index contributed by atoms with van der Waals surface area (Å²) < 4.78 is 5.51. The Kier molecular flexibility index (Phi) is 5.61. The highest BCUT2D eigenvalue weighted by molar-refractivity contribution is 5.85. The normalized spacial score (nSPS) is 11.2. The zero-order valence-corrected chi connectivity index (χ0v) is 16.6. The largest absolute Gasteiger partial charge is 0.494 e. The molecule has 30 heavy (non-hydrogen) atoms. The quantitative estimate of drug-likeness (QED) is 0.413. The third kappa shape index (κ3) is 4.58. The number of aliphatic carboxylic acids is 1. The second-order valence-electron chi connectivity index (χ2n) is 6.96. The number of aromatic amines is 1. The predicted molar refractivity (Wildman–Crippen MR) is 119 cm³/mol. The smallest absolute Gasteiger partial charge is 0.328 e. The van der Waals surface area contributed by atoms with Gasteiger partial charge in [0.05, 0.1) is 17.6 Å². The molecule has 0 bridgehead atoms. The van der Waals surface area contributed by atoms with Crippen LogP contribution in [0, 0.1) is 0 Å². The molecule has 4 aromatic rings. The van der Waals surface area contributed by atoms with Crippen molar-refractivity contribution in [1.82, 2.24) is 9.97 Å². The zero-order chi connectivity index (χ0) is 20.9. The summed E-state index contributed by atoms with van der Waals surface area (Å²) in [5, 5.41) is 8.71. The van der Waals surface area contributed by atoms with Crippen LogP contribution in [0.3, 0.4) is 0 Å². The minimum Gasteiger partial charge on any atom is -0.494 e. The van der Waals surface area contributed by atoms with Crippen LogP contribution in [0.5, 0.6) is 5.75 Å². The monoisotopic (exact) mass is 398 g/mol. The Bertz CT molecular complexity index is 1190. The highest BCUT2D eigenvalue weighted by Gasteiger charge is 2.07. The van der Waals surface area contributed by atoms with Gasteiger partial charge in [0, 0.05) is 12.5 Å². The van der Waals surface area contributed by atoms with Crippen LogP contribution >= 0.6 is 0 Å². The number of fused-ring (bicyclic) bond motifs is 1. The number of nitrogens with one attached hydrogen (secondary N) is 1. The molecular formula is C25H22N2O3. The van der Waals surface area contributed by atoms with Crippen molar-refractivity contribution in [3.63, 3.8) is 0 Å². The molecule has 3 aromatic carbocycles. The fourth-order valence-corrected chi connectivity index (χ4v) is 3.34. The van der Waals surface area contributed by atoms with Gasteiger partial charge in [-0.05, 0) is 59.5 Å². The van der Waals surface area contributed by atoms with Gasteiger partial charge in [0.25, 0.3) is 0 Å². The van der Waals surface area contributed by atoms with Gasteiger partial charge in [-0.25, -0.2) is 9.78 Å². The zero-order valence-electron chi connectivity index (χ0n) is 16.6. The maximum atomic E-state index is 10.6. The molecule has 1 aromatic heterocycles. The lowest BCUT2D eigenvalue weighted by atomic mass is 10.1. The van der Waals surface area contributed by atoms with Crippen molar-refractivity contribution in [3.05, 3.63) is 89.8 Å². The standard InChI is InChI=1S/C25H22N2O3/c1-2-30-21-11-8-19(9-12-21)20-10-13-22-23(16-20)27-24(26-22)15-18-5-3-17(4-6-18)7-14-25(28)29/h3-14,16H,2,15H2,1H3,(H,26,27)(H,28,29)/b14-7+. The summed E-state index contributed by atoms with van der Waals surface area (Å²) in [5.41, 5.74) is 6.12. The topological polar surface area (TPSA) is 75.2 Å². The highest BCUT2D eigenvalue weighted by atomic mass is 16.5. The van der Waals surface area contributed by atoms with Gasteiger partial charge in [0.15, 0.2) is 0 Å². The van der Waals surface area contributed by atoms with E-state index in [1.54, 1.807) is 6.08 Å². The highest BCUT2D eigenvalue weighted by Crippen LogP contribution is 2.26. The number of nitrogens with zero attached hydrogens (tertiary/aromatic N) is 1. The lowest BCUT2D eigenvalue weighted by Gasteiger charge is -2.05. The number of imidazole rings is 1. The molecule has 0 atom stereocenters. The van der Waals surface area contributed by atoms with Gasteiger partial charge in [-0.15, -0.1) is 0 Å². The number of benzene rings is 3. The molecule has 0 unspecified atom stereocenters. The first-order valence-electron chi connectivity index (χ1n) is 9.82. The molecule has 5 nitrogen and oxygen atoms in total. The molecule has 0 radical (unpaired) electrons. The summed E-state index contributed by atoms with van der Waals surface area (Å²) in [7, 11) is 0. The summed E-state index contributed by atoms with van der Waals surface area (Å²) in [5.74, 6) is 0.808. The van der Waals surface area contributed by atoms with Crippen molar-refractivity contribution in [1.29, 1.82) is 0 Å². The number of carboxylic acid groups (broad SMARTS) is 1. The summed E-state index contributed by atoms with van der Waals surface area (Å²) >= 11 is 0. The molecule has 1 heterocycles. The van der Waals surface area contributed by atoms with Crippen LogP contribution < -0.4 is 4.74 Å². The summed E-state index contributed by atoms with van der Waals surface area (Å²) in [6.07, 6.45) is 3.39. The SMILES string of the molecule is CCOc1ccc(-c2ccc3[nH]c(Cc4ccc(/C=C/C(=O)O)cc4)nc3c2)cc1. The lowest BCUT2D eigenvalue weighted by molar-refractivity contribution is -0.131. The van der Waals surface area contributed by atoms with Crippen molar-refractivity contribution in [2.75, 3.05) is 6.61 Å². The van der Waals surface area contributed by atoms with Gasteiger partial charge < -0.3 is 14.8 Å². The molecule has 5 heteroatoms. The van der Waals surface area contributed by atoms with Gasteiger partial charge in [0.1, 0.15) is 11.6 Å². The number of ether oxygens (including phenoxy) is 1. The summed E-state index contributed by atoms with van der Waals surface area (Å²) in [6.45, 7) is 2.63. The Balaban J connectivity index is 1.51. The van der Waals surface area contributed by atoms with Gasteiger partial charge in [0.2, 0.25) is 0 Å².